The highest BCUT2D eigenvalue weighted by atomic mass is 16.2. The zero-order valence-electron chi connectivity index (χ0n) is 18.3. The van der Waals surface area contributed by atoms with Gasteiger partial charge in [0.15, 0.2) is 0 Å². The number of amides is 1. The average molecular weight is 383 g/mol. The number of rotatable bonds is 8. The molecule has 0 aromatic rings. The Morgan fingerprint density at radius 3 is 2.07 bits per heavy atom. The van der Waals surface area contributed by atoms with E-state index in [9.17, 15) is 9.59 Å². The lowest BCUT2D eigenvalue weighted by Gasteiger charge is -2.38. The van der Waals surface area contributed by atoms with E-state index in [0.717, 1.165) is 51.7 Å². The van der Waals surface area contributed by atoms with Gasteiger partial charge in [-0.2, -0.15) is 0 Å². The molecule has 2 heterocycles. The van der Waals surface area contributed by atoms with Crippen LogP contribution in [0.25, 0.3) is 0 Å². The first-order chi connectivity index (χ1) is 13.0. The minimum absolute atomic E-state index is 0.224. The maximum absolute atomic E-state index is 12.2. The lowest BCUT2D eigenvalue weighted by molar-refractivity contribution is -0.132. The largest absolute Gasteiger partial charge is 0.339 e. The van der Waals surface area contributed by atoms with E-state index in [4.69, 9.17) is 0 Å². The second kappa shape index (κ2) is 13.2. The summed E-state index contributed by atoms with van der Waals surface area (Å²) in [5.41, 5.74) is 0. The fourth-order valence-corrected chi connectivity index (χ4v) is 3.64. The summed E-state index contributed by atoms with van der Waals surface area (Å²) in [7, 11) is 0. The second-order valence-electron chi connectivity index (χ2n) is 7.83. The first-order valence-corrected chi connectivity index (χ1v) is 11.0. The van der Waals surface area contributed by atoms with Crippen molar-refractivity contribution in [3.63, 3.8) is 0 Å². The fourth-order valence-electron chi connectivity index (χ4n) is 3.64. The number of ketones is 1. The number of carbonyl (C=O) groups excluding carboxylic acids is 2. The maximum Gasteiger partial charge on any atom is 0.236 e. The molecule has 2 aliphatic rings. The van der Waals surface area contributed by atoms with Crippen LogP contribution in [0.4, 0.5) is 0 Å². The third kappa shape index (κ3) is 9.17. The van der Waals surface area contributed by atoms with E-state index in [1.54, 1.807) is 0 Å². The minimum atomic E-state index is 0.224. The second-order valence-corrected chi connectivity index (χ2v) is 7.83. The van der Waals surface area contributed by atoms with Gasteiger partial charge in [0, 0.05) is 45.2 Å². The molecular formula is C21H42N4O2. The quantitative estimate of drug-likeness (QED) is 0.694. The van der Waals surface area contributed by atoms with Gasteiger partial charge in [0.2, 0.25) is 5.91 Å². The highest BCUT2D eigenvalue weighted by molar-refractivity contribution is 5.80. The lowest BCUT2D eigenvalue weighted by Crippen LogP contribution is -2.52. The fraction of sp³-hybridized carbons (Fsp3) is 0.905. The van der Waals surface area contributed by atoms with Crippen molar-refractivity contribution in [1.82, 2.24) is 20.0 Å². The standard InChI is InChI=1S/C19H36N4O2.C2H6/c1-4-18(24)15-21-7-5-17(6-8-21)14-22-9-11-23(12-10-22)19(25)13-20-16(2)3;1-2/h16-17,20H,4-15H2,1-3H3;1-2H3. The van der Waals surface area contributed by atoms with E-state index >= 15 is 0 Å². The highest BCUT2D eigenvalue weighted by Gasteiger charge is 2.25. The Bertz CT molecular complexity index is 426. The van der Waals surface area contributed by atoms with Crippen molar-refractivity contribution in [3.05, 3.63) is 0 Å². The van der Waals surface area contributed by atoms with Gasteiger partial charge >= 0.3 is 0 Å². The van der Waals surface area contributed by atoms with Gasteiger partial charge in [-0.1, -0.05) is 34.6 Å². The molecule has 0 aliphatic carbocycles. The van der Waals surface area contributed by atoms with Crippen molar-refractivity contribution < 1.29 is 9.59 Å². The number of nitrogens with zero attached hydrogens (tertiary/aromatic N) is 3. The molecule has 0 saturated carbocycles. The summed E-state index contributed by atoms with van der Waals surface area (Å²) < 4.78 is 0. The number of hydrogen-bond acceptors (Lipinski definition) is 5. The molecule has 27 heavy (non-hydrogen) atoms. The van der Waals surface area contributed by atoms with Gasteiger partial charge in [0.05, 0.1) is 13.1 Å². The van der Waals surface area contributed by atoms with Gasteiger partial charge in [-0.05, 0) is 31.8 Å². The van der Waals surface area contributed by atoms with E-state index in [2.05, 4.69) is 29.0 Å². The topological polar surface area (TPSA) is 55.9 Å². The first-order valence-electron chi connectivity index (χ1n) is 11.0. The van der Waals surface area contributed by atoms with Crippen LogP contribution in [0.2, 0.25) is 0 Å². The molecule has 6 nitrogen and oxygen atoms in total. The van der Waals surface area contributed by atoms with Crippen LogP contribution in [0, 0.1) is 5.92 Å². The summed E-state index contributed by atoms with van der Waals surface area (Å²) in [6.45, 7) is 18.1. The molecule has 2 fully saturated rings. The van der Waals surface area contributed by atoms with Crippen molar-refractivity contribution >= 4 is 11.7 Å². The molecule has 1 N–H and O–H groups in total. The van der Waals surface area contributed by atoms with E-state index in [-0.39, 0.29) is 5.91 Å². The molecule has 158 valence electrons. The van der Waals surface area contributed by atoms with E-state index in [1.807, 2.05) is 25.7 Å². The zero-order valence-corrected chi connectivity index (χ0v) is 18.3. The van der Waals surface area contributed by atoms with Gasteiger partial charge in [0.25, 0.3) is 0 Å². The molecule has 0 spiro atoms. The summed E-state index contributed by atoms with van der Waals surface area (Å²) in [5, 5.41) is 3.21. The minimum Gasteiger partial charge on any atom is -0.339 e. The third-order valence-corrected chi connectivity index (χ3v) is 5.40. The van der Waals surface area contributed by atoms with Crippen molar-refractivity contribution in [2.75, 3.05) is 58.9 Å². The summed E-state index contributed by atoms with van der Waals surface area (Å²) in [4.78, 5) is 30.5. The molecule has 1 amide bonds. The van der Waals surface area contributed by atoms with E-state index in [1.165, 1.54) is 12.8 Å². The number of carbonyl (C=O) groups is 2. The monoisotopic (exact) mass is 382 g/mol. The number of hydrogen-bond donors (Lipinski definition) is 1. The SMILES string of the molecule is CC.CCC(=O)CN1CCC(CN2CCN(C(=O)CNC(C)C)CC2)CC1. The molecule has 6 heteroatoms. The van der Waals surface area contributed by atoms with Crippen molar-refractivity contribution in [3.8, 4) is 0 Å². The smallest absolute Gasteiger partial charge is 0.236 e. The number of nitrogens with one attached hydrogen (secondary N) is 1. The maximum atomic E-state index is 12.2. The Kier molecular flexibility index (Phi) is 11.8. The number of piperazine rings is 1. The molecule has 0 atom stereocenters. The predicted octanol–water partition coefficient (Wildman–Crippen LogP) is 1.85. The van der Waals surface area contributed by atoms with Crippen LogP contribution in [0.3, 0.4) is 0 Å². The van der Waals surface area contributed by atoms with Crippen LogP contribution in [0.5, 0.6) is 0 Å². The van der Waals surface area contributed by atoms with Crippen LogP contribution >= 0.6 is 0 Å². The molecule has 2 aliphatic heterocycles. The predicted molar refractivity (Wildman–Crippen MR) is 112 cm³/mol. The normalized spacial score (nSPS) is 19.7. The van der Waals surface area contributed by atoms with Crippen molar-refractivity contribution in [2.45, 2.75) is 59.9 Å². The van der Waals surface area contributed by atoms with Crippen molar-refractivity contribution in [1.29, 1.82) is 0 Å². The Labute approximate surface area is 166 Å². The average Bonchev–Trinajstić information content (AvgIpc) is 2.69. The Morgan fingerprint density at radius 1 is 0.963 bits per heavy atom. The summed E-state index contributed by atoms with van der Waals surface area (Å²) in [6, 6.07) is 0.351. The van der Waals surface area contributed by atoms with Crippen LogP contribution < -0.4 is 5.32 Å². The Hall–Kier alpha value is -0.980. The van der Waals surface area contributed by atoms with Gasteiger partial charge in [-0.25, -0.2) is 0 Å². The van der Waals surface area contributed by atoms with Crippen LogP contribution in [0.1, 0.15) is 53.9 Å². The lowest BCUT2D eigenvalue weighted by atomic mass is 9.95. The summed E-state index contributed by atoms with van der Waals surface area (Å²) in [5.74, 6) is 1.31. The number of Topliss-reactive ketones (excluding diaryl/α,β-unsaturated/α-hetero) is 1. The van der Waals surface area contributed by atoms with Crippen LogP contribution in [-0.2, 0) is 9.59 Å². The van der Waals surface area contributed by atoms with Crippen LogP contribution in [-0.4, -0.2) is 91.3 Å². The molecule has 2 rings (SSSR count). The summed E-state index contributed by atoms with van der Waals surface area (Å²) >= 11 is 0. The van der Waals surface area contributed by atoms with Gasteiger partial charge < -0.3 is 10.2 Å². The molecule has 2 saturated heterocycles. The van der Waals surface area contributed by atoms with Crippen LogP contribution in [0.15, 0.2) is 0 Å². The Balaban J connectivity index is 0.00000176. The van der Waals surface area contributed by atoms with Gasteiger partial charge in [0.1, 0.15) is 5.78 Å². The highest BCUT2D eigenvalue weighted by Crippen LogP contribution is 2.19. The molecule has 0 aromatic carbocycles. The van der Waals surface area contributed by atoms with Gasteiger partial charge in [-0.15, -0.1) is 0 Å². The molecule has 0 radical (unpaired) electrons. The molecular weight excluding hydrogens is 340 g/mol. The zero-order chi connectivity index (χ0) is 20.2. The third-order valence-electron chi connectivity index (χ3n) is 5.40. The molecule has 0 bridgehead atoms. The van der Waals surface area contributed by atoms with Gasteiger partial charge in [-0.3, -0.25) is 19.4 Å². The van der Waals surface area contributed by atoms with E-state index < -0.39 is 0 Å². The van der Waals surface area contributed by atoms with E-state index in [0.29, 0.717) is 31.3 Å². The molecule has 0 aromatic heterocycles. The van der Waals surface area contributed by atoms with Crippen molar-refractivity contribution in [2.24, 2.45) is 5.92 Å². The Morgan fingerprint density at radius 2 is 1.56 bits per heavy atom. The summed E-state index contributed by atoms with van der Waals surface area (Å²) in [6.07, 6.45) is 3.03. The first kappa shape index (κ1) is 24.1. The number of piperidine rings is 1. The molecule has 0 unspecified atom stereocenters. The number of likely N-dealkylation sites (tertiary alicyclic amines) is 1.